The maximum Gasteiger partial charge on any atom is -0.0198 e. The summed E-state index contributed by atoms with van der Waals surface area (Å²) in [5, 5.41) is 0. The zero-order chi connectivity index (χ0) is 13.2. The van der Waals surface area contributed by atoms with E-state index in [0.29, 0.717) is 0 Å². The van der Waals surface area contributed by atoms with Gasteiger partial charge in [0.05, 0.1) is 0 Å². The van der Waals surface area contributed by atoms with E-state index in [4.69, 9.17) is 0 Å². The molecule has 0 aromatic carbocycles. The van der Waals surface area contributed by atoms with Crippen LogP contribution >= 0.6 is 0 Å². The molecule has 0 nitrogen and oxygen atoms in total. The molecule has 0 N–H and O–H groups in total. The van der Waals surface area contributed by atoms with Crippen LogP contribution in [0.4, 0.5) is 0 Å². The van der Waals surface area contributed by atoms with Crippen LogP contribution in [0.3, 0.4) is 0 Å². The summed E-state index contributed by atoms with van der Waals surface area (Å²) in [5.41, 5.74) is 0.943. The van der Waals surface area contributed by atoms with Gasteiger partial charge < -0.3 is 0 Å². The van der Waals surface area contributed by atoms with Gasteiger partial charge in [-0.15, -0.1) is 0 Å². The Bertz CT molecular complexity index is 620. The zero-order valence-electron chi connectivity index (χ0n) is 13.2. The molecule has 0 spiro atoms. The van der Waals surface area contributed by atoms with Gasteiger partial charge in [-0.25, -0.2) is 0 Å². The van der Waals surface area contributed by atoms with Crippen LogP contribution < -0.4 is 0 Å². The van der Waals surface area contributed by atoms with Crippen molar-refractivity contribution in [3.63, 3.8) is 0 Å². The fourth-order valence-corrected chi connectivity index (χ4v) is 16.4. The van der Waals surface area contributed by atoms with Gasteiger partial charge in [-0.1, -0.05) is 6.92 Å². The lowest BCUT2D eigenvalue weighted by Crippen LogP contribution is -2.35. The molecule has 20 atom stereocenters. The monoisotopic (exact) mass is 288 g/mol. The van der Waals surface area contributed by atoms with E-state index in [0.717, 1.165) is 5.41 Å². The van der Waals surface area contributed by atoms with E-state index in [2.05, 4.69) is 6.92 Å². The summed E-state index contributed by atoms with van der Waals surface area (Å²) in [6, 6.07) is 0. The normalized spacial score (nSPS) is 103. The van der Waals surface area contributed by atoms with Crippen molar-refractivity contribution in [2.24, 2.45) is 118 Å². The summed E-state index contributed by atoms with van der Waals surface area (Å²) >= 11 is 0. The molecule has 12 aliphatic carbocycles. The first-order valence-electron chi connectivity index (χ1n) is 10.9. The van der Waals surface area contributed by atoms with Crippen LogP contribution in [0.15, 0.2) is 0 Å². The highest BCUT2D eigenvalue weighted by Gasteiger charge is 3.01. The molecule has 8 unspecified atom stereocenters. The molecule has 0 amide bonds. The predicted molar refractivity (Wildman–Crippen MR) is 79.0 cm³/mol. The van der Waals surface area contributed by atoms with E-state index >= 15 is 0 Å². The van der Waals surface area contributed by atoms with Crippen molar-refractivity contribution in [2.75, 3.05) is 0 Å². The summed E-state index contributed by atoms with van der Waals surface area (Å²) in [6.07, 6.45) is 1.61. The quantitative estimate of drug-likeness (QED) is 0.695. The SMILES string of the molecule is CCC12C3[C@@H]4[C@@H]5C6C7C8[C@@H]9[C@@H]6[C@@H]4C1[C@@H]9[C@@H]1C2[C@H]2[C@@H](C7[C@@H]5[C@@H]32)[C@H]81. The number of rotatable bonds is 1. The Kier molecular flexibility index (Phi) is 0.883. The van der Waals surface area contributed by atoms with Crippen molar-refractivity contribution in [3.8, 4) is 0 Å². The number of hydrogen-bond acceptors (Lipinski definition) is 0. The van der Waals surface area contributed by atoms with Gasteiger partial charge in [0.2, 0.25) is 0 Å². The molecule has 0 aromatic rings. The molecule has 0 bridgehead atoms. The molecule has 12 fully saturated rings. The Labute approximate surface area is 131 Å². The Balaban J connectivity index is 1.46. The fourth-order valence-electron chi connectivity index (χ4n) is 16.4. The molecule has 0 aromatic heterocycles. The first-order chi connectivity index (χ1) is 10.9. The molecular weight excluding hydrogens is 264 g/mol. The lowest BCUT2D eigenvalue weighted by atomic mass is 9.65. The van der Waals surface area contributed by atoms with Crippen LogP contribution in [0.5, 0.6) is 0 Å². The van der Waals surface area contributed by atoms with Gasteiger partial charge in [0.25, 0.3) is 0 Å². The summed E-state index contributed by atoms with van der Waals surface area (Å²) in [4.78, 5) is 0. The van der Waals surface area contributed by atoms with Crippen LogP contribution in [0, 0.1) is 118 Å². The second kappa shape index (κ2) is 2.05. The van der Waals surface area contributed by atoms with E-state index in [1.807, 2.05) is 0 Å². The Hall–Kier alpha value is 0. The van der Waals surface area contributed by atoms with Gasteiger partial charge in [-0.05, 0) is 124 Å². The second-order valence-corrected chi connectivity index (χ2v) is 12.3. The summed E-state index contributed by atoms with van der Waals surface area (Å²) in [6.45, 7) is 2.66. The summed E-state index contributed by atoms with van der Waals surface area (Å²) in [7, 11) is 0. The Morgan fingerprint density at radius 3 is 0.864 bits per heavy atom. The lowest BCUT2D eigenvalue weighted by molar-refractivity contribution is 0.0784. The van der Waals surface area contributed by atoms with E-state index in [-0.39, 0.29) is 0 Å². The molecule has 22 heavy (non-hydrogen) atoms. The van der Waals surface area contributed by atoms with Crippen molar-refractivity contribution in [1.82, 2.24) is 0 Å². The van der Waals surface area contributed by atoms with Crippen molar-refractivity contribution in [2.45, 2.75) is 13.3 Å². The van der Waals surface area contributed by atoms with Crippen LogP contribution in [0.1, 0.15) is 13.3 Å². The van der Waals surface area contributed by atoms with Crippen LogP contribution in [-0.2, 0) is 0 Å². The van der Waals surface area contributed by atoms with Gasteiger partial charge in [-0.2, -0.15) is 0 Å². The van der Waals surface area contributed by atoms with E-state index < -0.39 is 0 Å². The maximum absolute atomic E-state index is 2.66. The van der Waals surface area contributed by atoms with Crippen LogP contribution in [0.2, 0.25) is 0 Å². The first-order valence-corrected chi connectivity index (χ1v) is 10.9. The third-order valence-electron chi connectivity index (χ3n) is 14.3. The molecule has 12 saturated carbocycles. The van der Waals surface area contributed by atoms with Crippen molar-refractivity contribution >= 4 is 0 Å². The molecule has 12 aliphatic rings. The molecule has 0 aliphatic heterocycles. The Morgan fingerprint density at radius 1 is 0.409 bits per heavy atom. The van der Waals surface area contributed by atoms with Crippen LogP contribution in [0.25, 0.3) is 0 Å². The molecule has 0 radical (unpaired) electrons. The molecular formula is C22H24. The number of hydrogen-bond donors (Lipinski definition) is 0. The van der Waals surface area contributed by atoms with Crippen molar-refractivity contribution < 1.29 is 0 Å². The zero-order valence-corrected chi connectivity index (χ0v) is 13.2. The smallest absolute Gasteiger partial charge is 0.0198 e. The molecule has 0 heterocycles. The molecule has 0 heteroatoms. The summed E-state index contributed by atoms with van der Waals surface area (Å²) in [5.74, 6) is 24.9. The third-order valence-corrected chi connectivity index (χ3v) is 14.3. The Morgan fingerprint density at radius 2 is 0.636 bits per heavy atom. The summed E-state index contributed by atoms with van der Waals surface area (Å²) < 4.78 is 0. The minimum absolute atomic E-state index is 0.943. The third kappa shape index (κ3) is 0.434. The van der Waals surface area contributed by atoms with E-state index in [9.17, 15) is 0 Å². The topological polar surface area (TPSA) is 0 Å². The first kappa shape index (κ1) is 9.47. The maximum atomic E-state index is 2.66. The van der Waals surface area contributed by atoms with Gasteiger partial charge in [0.15, 0.2) is 0 Å². The van der Waals surface area contributed by atoms with Gasteiger partial charge in [-0.3, -0.25) is 0 Å². The van der Waals surface area contributed by atoms with Crippen LogP contribution in [-0.4, -0.2) is 0 Å². The van der Waals surface area contributed by atoms with E-state index in [1.54, 1.807) is 6.42 Å². The van der Waals surface area contributed by atoms with Gasteiger partial charge >= 0.3 is 0 Å². The fraction of sp³-hybridized carbons (Fsp3) is 1.00. The minimum Gasteiger partial charge on any atom is -0.0648 e. The minimum atomic E-state index is 0.943. The average molecular weight is 288 g/mol. The average Bonchev–Trinajstić information content (AvgIpc) is 3.18. The second-order valence-electron chi connectivity index (χ2n) is 12.3. The van der Waals surface area contributed by atoms with E-state index in [1.165, 1.54) is 112 Å². The highest BCUT2D eigenvalue weighted by atomic mass is 15.1. The lowest BCUT2D eigenvalue weighted by Gasteiger charge is -2.39. The van der Waals surface area contributed by atoms with Crippen molar-refractivity contribution in [1.29, 1.82) is 0 Å². The molecule has 12 rings (SSSR count). The van der Waals surface area contributed by atoms with Crippen molar-refractivity contribution in [3.05, 3.63) is 0 Å². The molecule has 112 valence electrons. The van der Waals surface area contributed by atoms with Gasteiger partial charge in [0.1, 0.15) is 0 Å². The highest BCUT2D eigenvalue weighted by Crippen LogP contribution is 3.04. The standard InChI is InChI=1S/C22H24/c1-2-22-19-13-7-4-3-5-9(7)15(19)17-11(5)12-6(3)10-8(4)14(13)20(22)16(10)18(12)21(17)22/h3-21H,2H2,1H3/t3?,4?,5?,6?,7-,8-,9-,10+,11+,12+,13-,14+,15+,16+,17-,18-,19?,20?,21?,22?/m0/s1. The van der Waals surface area contributed by atoms with Gasteiger partial charge in [0, 0.05) is 0 Å². The highest BCUT2D eigenvalue weighted by molar-refractivity contribution is 5.47. The molecule has 0 saturated heterocycles. The predicted octanol–water partition coefficient (Wildman–Crippen LogP) is 3.24. The largest absolute Gasteiger partial charge is 0.0648 e.